The molecule has 4 aliphatic carbocycles. The van der Waals surface area contributed by atoms with Crippen LogP contribution in [0.5, 0.6) is 0 Å². The van der Waals surface area contributed by atoms with Crippen molar-refractivity contribution in [3.05, 3.63) is 0 Å². The maximum atomic E-state index is 13.1. The van der Waals surface area contributed by atoms with E-state index in [1.807, 2.05) is 0 Å². The maximum absolute atomic E-state index is 13.1. The van der Waals surface area contributed by atoms with E-state index >= 15 is 0 Å². The molecule has 26 heavy (non-hydrogen) atoms. The first-order valence-electron chi connectivity index (χ1n) is 11.3. The first-order chi connectivity index (χ1) is 12.6. The van der Waals surface area contributed by atoms with Gasteiger partial charge in [0.15, 0.2) is 0 Å². The van der Waals surface area contributed by atoms with Gasteiger partial charge in [0.2, 0.25) is 5.91 Å². The standard InChI is InChI=1S/C22H37N3O/c1-23-4-2-3-20(16-23)24-5-7-25(8-6-24)21(26)15-22-12-17-9-18(13-22)11-19(10-17)14-22/h17-20H,2-16H2,1H3. The van der Waals surface area contributed by atoms with Crippen molar-refractivity contribution in [2.75, 3.05) is 46.3 Å². The average molecular weight is 360 g/mol. The number of rotatable bonds is 3. The number of nitrogens with zero attached hydrogens (tertiary/aromatic N) is 3. The summed E-state index contributed by atoms with van der Waals surface area (Å²) in [5, 5.41) is 0. The molecule has 4 nitrogen and oxygen atoms in total. The molecule has 0 aromatic heterocycles. The van der Waals surface area contributed by atoms with Gasteiger partial charge in [-0.15, -0.1) is 0 Å². The molecular formula is C22H37N3O. The van der Waals surface area contributed by atoms with Crippen molar-refractivity contribution in [1.82, 2.24) is 14.7 Å². The number of hydrogen-bond acceptors (Lipinski definition) is 3. The first-order valence-corrected chi connectivity index (χ1v) is 11.3. The highest BCUT2D eigenvalue weighted by atomic mass is 16.2. The summed E-state index contributed by atoms with van der Waals surface area (Å²) in [5.74, 6) is 3.34. The van der Waals surface area contributed by atoms with Crippen LogP contribution in [0.25, 0.3) is 0 Å². The fourth-order valence-corrected chi connectivity index (χ4v) is 7.71. The first kappa shape index (κ1) is 17.5. The van der Waals surface area contributed by atoms with E-state index in [1.165, 1.54) is 64.5 Å². The average Bonchev–Trinajstić information content (AvgIpc) is 2.60. The van der Waals surface area contributed by atoms with Gasteiger partial charge in [-0.05, 0) is 88.1 Å². The summed E-state index contributed by atoms with van der Waals surface area (Å²) in [6.45, 7) is 6.56. The van der Waals surface area contributed by atoms with Gasteiger partial charge >= 0.3 is 0 Å². The summed E-state index contributed by atoms with van der Waals surface area (Å²) >= 11 is 0. The fraction of sp³-hybridized carbons (Fsp3) is 0.955. The molecule has 0 N–H and O–H groups in total. The Labute approximate surface area is 159 Å². The van der Waals surface area contributed by atoms with Gasteiger partial charge < -0.3 is 9.80 Å². The molecule has 6 fully saturated rings. The van der Waals surface area contributed by atoms with Crippen LogP contribution in [0.1, 0.15) is 57.8 Å². The number of likely N-dealkylation sites (N-methyl/N-ethyl adjacent to an activating group) is 1. The van der Waals surface area contributed by atoms with Crippen LogP contribution < -0.4 is 0 Å². The summed E-state index contributed by atoms with van der Waals surface area (Å²) in [4.78, 5) is 20.5. The molecule has 6 aliphatic rings. The number of amides is 1. The van der Waals surface area contributed by atoms with E-state index in [0.717, 1.165) is 50.4 Å². The minimum Gasteiger partial charge on any atom is -0.340 e. The molecule has 0 radical (unpaired) electrons. The Hall–Kier alpha value is -0.610. The molecule has 4 heteroatoms. The predicted molar refractivity (Wildman–Crippen MR) is 104 cm³/mol. The lowest BCUT2D eigenvalue weighted by molar-refractivity contribution is -0.141. The van der Waals surface area contributed by atoms with Crippen LogP contribution >= 0.6 is 0 Å². The van der Waals surface area contributed by atoms with Gasteiger partial charge in [0.25, 0.3) is 0 Å². The molecule has 2 aliphatic heterocycles. The summed E-state index contributed by atoms with van der Waals surface area (Å²) < 4.78 is 0. The van der Waals surface area contributed by atoms with E-state index in [9.17, 15) is 4.79 Å². The number of carbonyl (C=O) groups excluding carboxylic acids is 1. The summed E-state index contributed by atoms with van der Waals surface area (Å²) in [7, 11) is 2.25. The third-order valence-corrected chi connectivity index (χ3v) is 8.47. The highest BCUT2D eigenvalue weighted by Crippen LogP contribution is 2.61. The van der Waals surface area contributed by atoms with Gasteiger partial charge in [-0.25, -0.2) is 0 Å². The van der Waals surface area contributed by atoms with Crippen molar-refractivity contribution in [3.63, 3.8) is 0 Å². The van der Waals surface area contributed by atoms with Gasteiger partial charge in [0.05, 0.1) is 0 Å². The second-order valence-corrected chi connectivity index (χ2v) is 10.6. The fourth-order valence-electron chi connectivity index (χ4n) is 7.71. The SMILES string of the molecule is CN1CCCC(N2CCN(C(=O)CC34CC5CC(CC(C5)C3)C4)CC2)C1. The van der Waals surface area contributed by atoms with Gasteiger partial charge in [0.1, 0.15) is 0 Å². The molecule has 0 aromatic carbocycles. The maximum Gasteiger partial charge on any atom is 0.223 e. The smallest absolute Gasteiger partial charge is 0.223 e. The molecule has 4 bridgehead atoms. The molecule has 0 aromatic rings. The number of hydrogen-bond donors (Lipinski definition) is 0. The molecule has 1 atom stereocenters. The molecule has 2 heterocycles. The molecule has 1 unspecified atom stereocenters. The van der Waals surface area contributed by atoms with Crippen molar-refractivity contribution in [2.45, 2.75) is 63.8 Å². The van der Waals surface area contributed by atoms with E-state index in [-0.39, 0.29) is 0 Å². The lowest BCUT2D eigenvalue weighted by Gasteiger charge is -2.57. The van der Waals surface area contributed by atoms with Gasteiger partial charge in [-0.2, -0.15) is 0 Å². The van der Waals surface area contributed by atoms with Crippen LogP contribution in [-0.2, 0) is 4.79 Å². The minimum absolute atomic E-state index is 0.398. The van der Waals surface area contributed by atoms with E-state index in [1.54, 1.807) is 0 Å². The molecular weight excluding hydrogens is 322 g/mol. The number of piperazine rings is 1. The summed E-state index contributed by atoms with van der Waals surface area (Å²) in [5.41, 5.74) is 0.398. The van der Waals surface area contributed by atoms with E-state index in [0.29, 0.717) is 17.4 Å². The summed E-state index contributed by atoms with van der Waals surface area (Å²) in [6.07, 6.45) is 12.0. The Bertz CT molecular complexity index is 504. The largest absolute Gasteiger partial charge is 0.340 e. The number of carbonyl (C=O) groups is 1. The van der Waals surface area contributed by atoms with Crippen molar-refractivity contribution in [1.29, 1.82) is 0 Å². The second kappa shape index (κ2) is 6.77. The molecule has 1 amide bonds. The third kappa shape index (κ3) is 3.32. The van der Waals surface area contributed by atoms with Crippen LogP contribution in [0.2, 0.25) is 0 Å². The van der Waals surface area contributed by atoms with Crippen LogP contribution in [0, 0.1) is 23.2 Å². The minimum atomic E-state index is 0.398. The monoisotopic (exact) mass is 359 g/mol. The van der Waals surface area contributed by atoms with E-state index < -0.39 is 0 Å². The molecule has 4 saturated carbocycles. The summed E-state index contributed by atoms with van der Waals surface area (Å²) in [6, 6.07) is 0.717. The van der Waals surface area contributed by atoms with Crippen molar-refractivity contribution >= 4 is 5.91 Å². The van der Waals surface area contributed by atoms with E-state index in [2.05, 4.69) is 21.7 Å². The quantitative estimate of drug-likeness (QED) is 0.775. The Morgan fingerprint density at radius 3 is 2.12 bits per heavy atom. The zero-order valence-electron chi connectivity index (χ0n) is 16.7. The van der Waals surface area contributed by atoms with Crippen LogP contribution in [0.4, 0.5) is 0 Å². The number of piperidine rings is 1. The molecule has 2 saturated heterocycles. The molecule has 146 valence electrons. The number of likely N-dealkylation sites (tertiary alicyclic amines) is 1. The van der Waals surface area contributed by atoms with Gasteiger partial charge in [0, 0.05) is 45.2 Å². The van der Waals surface area contributed by atoms with Crippen molar-refractivity contribution in [3.8, 4) is 0 Å². The Morgan fingerprint density at radius 2 is 1.54 bits per heavy atom. The van der Waals surface area contributed by atoms with Crippen molar-refractivity contribution < 1.29 is 4.79 Å². The van der Waals surface area contributed by atoms with Crippen LogP contribution in [0.3, 0.4) is 0 Å². The third-order valence-electron chi connectivity index (χ3n) is 8.47. The van der Waals surface area contributed by atoms with Gasteiger partial charge in [-0.3, -0.25) is 9.69 Å². The van der Waals surface area contributed by atoms with Crippen LogP contribution in [0.15, 0.2) is 0 Å². The predicted octanol–water partition coefficient (Wildman–Crippen LogP) is 2.83. The molecule has 0 spiro atoms. The topological polar surface area (TPSA) is 26.8 Å². The van der Waals surface area contributed by atoms with Crippen molar-refractivity contribution in [2.24, 2.45) is 23.2 Å². The highest BCUT2D eigenvalue weighted by Gasteiger charge is 2.51. The second-order valence-electron chi connectivity index (χ2n) is 10.6. The lowest BCUT2D eigenvalue weighted by Crippen LogP contribution is -2.56. The van der Waals surface area contributed by atoms with E-state index in [4.69, 9.17) is 0 Å². The van der Waals surface area contributed by atoms with Gasteiger partial charge in [-0.1, -0.05) is 0 Å². The normalized spacial score (nSPS) is 43.8. The molecule has 6 rings (SSSR count). The lowest BCUT2D eigenvalue weighted by atomic mass is 9.49. The highest BCUT2D eigenvalue weighted by molar-refractivity contribution is 5.77. The Morgan fingerprint density at radius 1 is 0.923 bits per heavy atom. The van der Waals surface area contributed by atoms with Crippen LogP contribution in [-0.4, -0.2) is 73.0 Å². The Kier molecular flexibility index (Phi) is 4.55. The zero-order valence-corrected chi connectivity index (χ0v) is 16.7. The zero-order chi connectivity index (χ0) is 17.7. The Balaban J connectivity index is 1.15.